The normalized spacial score (nSPS) is 34.2. The second kappa shape index (κ2) is 7.55. The van der Waals surface area contributed by atoms with Crippen LogP contribution in [0.1, 0.15) is 126 Å². The Morgan fingerprint density at radius 1 is 0.677 bits per heavy atom. The van der Waals surface area contributed by atoms with Crippen LogP contribution in [0.5, 0.6) is 0 Å². The third-order valence-electron chi connectivity index (χ3n) is 21.6. The molecule has 0 aliphatic heterocycles. The van der Waals surface area contributed by atoms with Crippen LogP contribution in [0.15, 0.2) is 84.5 Å². The number of rotatable bonds is 5. The first-order valence-electron chi connectivity index (χ1n) is 23.7. The van der Waals surface area contributed by atoms with E-state index in [9.17, 15) is 4.79 Å². The van der Waals surface area contributed by atoms with E-state index in [-0.39, 0.29) is 22.2 Å². The van der Waals surface area contributed by atoms with Crippen LogP contribution in [-0.2, 0) is 38.6 Å². The van der Waals surface area contributed by atoms with Crippen LogP contribution >= 0.6 is 0 Å². The summed E-state index contributed by atoms with van der Waals surface area (Å²) >= 11 is 0. The average Bonchev–Trinajstić information content (AvgIpc) is 4.05. The van der Waals surface area contributed by atoms with E-state index >= 15 is 0 Å². The first-order valence-corrected chi connectivity index (χ1v) is 23.7. The average molecular weight is 785 g/mol. The molecule has 0 saturated heterocycles. The minimum absolute atomic E-state index is 0.0756. The van der Waals surface area contributed by atoms with E-state index in [0.29, 0.717) is 41.9 Å². The highest BCUT2D eigenvalue weighted by Gasteiger charge is 2.97. The topological polar surface area (TPSA) is 26.3 Å². The van der Waals surface area contributed by atoms with E-state index in [1.807, 2.05) is 0 Å². The molecule has 1 fully saturated rings. The molecule has 2 nitrogen and oxygen atoms in total. The minimum atomic E-state index is -0.221. The number of methoxy groups -OCH3 is 1. The van der Waals surface area contributed by atoms with E-state index in [0.717, 1.165) is 25.7 Å². The Hall–Kier alpha value is -6.25. The molecule has 22 rings (SSSR count). The summed E-state index contributed by atoms with van der Waals surface area (Å²) in [7, 11) is 1.58. The van der Waals surface area contributed by atoms with Crippen molar-refractivity contribution in [3.63, 3.8) is 0 Å². The summed E-state index contributed by atoms with van der Waals surface area (Å²) < 4.78 is 5.44. The van der Waals surface area contributed by atoms with Crippen molar-refractivity contribution in [1.82, 2.24) is 0 Å². The Balaban J connectivity index is 1.12. The van der Waals surface area contributed by atoms with Crippen molar-refractivity contribution in [3.05, 3.63) is 168 Å². The predicted octanol–water partition coefficient (Wildman–Crippen LogP) is 12.3. The lowest BCUT2D eigenvalue weighted by Crippen LogP contribution is -2.40. The SMILES string of the molecule is COC(=O)CCCC1(c2ccccc2)C23c4c5c6c7c8c4c4c2c2c9c%10c%11cc%12c9c9c%13c2c2c%14c%15c%16c(cc(c8c%16c24)C7C=CC6=C2C=CC%11C(C25)C%1013)CC%15=CC(C=C9C%12)C%13%14. The van der Waals surface area contributed by atoms with Crippen molar-refractivity contribution in [1.29, 1.82) is 0 Å². The van der Waals surface area contributed by atoms with Gasteiger partial charge in [-0.2, -0.15) is 0 Å². The summed E-state index contributed by atoms with van der Waals surface area (Å²) in [4.78, 5) is 13.3. The lowest BCUT2D eigenvalue weighted by Gasteiger charge is -2.44. The van der Waals surface area contributed by atoms with E-state index in [1.165, 1.54) is 11.1 Å². The molecule has 0 amide bonds. The molecule has 9 atom stereocenters. The van der Waals surface area contributed by atoms with Gasteiger partial charge in [-0.25, -0.2) is 0 Å². The van der Waals surface area contributed by atoms with Gasteiger partial charge in [0.05, 0.1) is 7.11 Å². The van der Waals surface area contributed by atoms with E-state index < -0.39 is 0 Å². The summed E-state index contributed by atoms with van der Waals surface area (Å²) in [5.74, 6) is 2.19. The third kappa shape index (κ3) is 1.97. The maximum atomic E-state index is 13.3. The molecule has 8 aromatic rings. The molecule has 284 valence electrons. The molecule has 14 aliphatic rings. The van der Waals surface area contributed by atoms with E-state index in [2.05, 4.69) is 78.9 Å². The van der Waals surface area contributed by atoms with Gasteiger partial charge in [-0.15, -0.1) is 0 Å². The Bertz CT molecular complexity index is 4280. The first-order chi connectivity index (χ1) is 30.7. The molecule has 14 aliphatic carbocycles. The van der Waals surface area contributed by atoms with Crippen molar-refractivity contribution in [2.45, 2.75) is 72.0 Å². The fourth-order valence-electron chi connectivity index (χ4n) is 21.1. The largest absolute Gasteiger partial charge is 0.469 e. The maximum Gasteiger partial charge on any atom is 0.305 e. The highest BCUT2D eigenvalue weighted by molar-refractivity contribution is 6.48. The highest BCUT2D eigenvalue weighted by Crippen LogP contribution is 2.98. The number of hydrogen-bond donors (Lipinski definition) is 0. The number of carbonyl (C=O) groups excluding carboxylic acids is 1. The van der Waals surface area contributed by atoms with Crippen LogP contribution in [0, 0.1) is 11.8 Å². The zero-order valence-corrected chi connectivity index (χ0v) is 33.8. The number of esters is 1. The molecule has 0 radical (unpaired) electrons. The molecule has 62 heavy (non-hydrogen) atoms. The lowest BCUT2D eigenvalue weighted by atomic mass is 9.57. The first kappa shape index (κ1) is 28.4. The van der Waals surface area contributed by atoms with Gasteiger partial charge in [-0.1, -0.05) is 78.9 Å². The quantitative estimate of drug-likeness (QED) is 0.0987. The zero-order chi connectivity index (χ0) is 38.9. The van der Waals surface area contributed by atoms with Crippen LogP contribution in [0.4, 0.5) is 0 Å². The van der Waals surface area contributed by atoms with Gasteiger partial charge >= 0.3 is 5.97 Å². The molecule has 8 aromatic carbocycles. The van der Waals surface area contributed by atoms with Crippen molar-refractivity contribution >= 4 is 87.3 Å². The van der Waals surface area contributed by atoms with Gasteiger partial charge in [-0.05, 0) is 202 Å². The monoisotopic (exact) mass is 784 g/mol. The van der Waals surface area contributed by atoms with Gasteiger partial charge in [0.1, 0.15) is 0 Å². The minimum Gasteiger partial charge on any atom is -0.469 e. The lowest BCUT2D eigenvalue weighted by molar-refractivity contribution is -0.140. The Morgan fingerprint density at radius 3 is 2.21 bits per heavy atom. The number of carbonyl (C=O) groups is 1. The van der Waals surface area contributed by atoms with Crippen molar-refractivity contribution < 1.29 is 9.53 Å². The Morgan fingerprint density at radius 2 is 1.39 bits per heavy atom. The summed E-state index contributed by atoms with van der Waals surface area (Å²) in [6, 6.07) is 17.5. The molecule has 0 aromatic heterocycles. The zero-order valence-electron chi connectivity index (χ0n) is 33.8. The molecule has 1 saturated carbocycles. The molecule has 2 heteroatoms. The van der Waals surface area contributed by atoms with E-state index in [1.54, 1.807) is 166 Å². The number of hydrogen-bond acceptors (Lipinski definition) is 2. The summed E-state index contributed by atoms with van der Waals surface area (Å²) in [6.45, 7) is 0. The van der Waals surface area contributed by atoms with Crippen molar-refractivity contribution in [2.75, 3.05) is 7.11 Å². The Kier molecular flexibility index (Phi) is 3.45. The van der Waals surface area contributed by atoms with E-state index in [4.69, 9.17) is 4.74 Å². The van der Waals surface area contributed by atoms with Gasteiger partial charge in [0.2, 0.25) is 0 Å². The van der Waals surface area contributed by atoms with Crippen LogP contribution in [0.2, 0.25) is 0 Å². The summed E-state index contributed by atoms with van der Waals surface area (Å²) in [5.41, 5.74) is 30.7. The standard InChI is InChI=1S/C60H32O2/c1-62-32(61)8-5-13-58(25-6-3-2-4-7-25)59-54-29-12-11-27-26-9-10-28-30-18-23-16-20-14-22-15-21-17-24-19-31(29)55(59)49-36(24)34(21)43-37(22)42-33(20)35(23)44-40(30)45-38(28)39(26)50(41(27)54)56-51(45)53-48(44)46(42)47(43)52(49)57(53)60(56,58)59/h2-4,6-7,9-12,14-15,18-19,22,28-29,37,41,54H,5,8,13,16-17H2,1H3. The molecular weight excluding hydrogens is 753 g/mol. The second-order valence-corrected chi connectivity index (χ2v) is 22.3. The van der Waals surface area contributed by atoms with Crippen molar-refractivity contribution in [2.24, 2.45) is 11.8 Å². The number of fused-ring (bicyclic) bond motifs is 2. The van der Waals surface area contributed by atoms with Gasteiger partial charge in [0.15, 0.2) is 0 Å². The molecule has 2 spiro atoms. The molecule has 0 N–H and O–H groups in total. The fraction of sp³-hybridized carbons (Fsp3) is 0.250. The van der Waals surface area contributed by atoms with Crippen molar-refractivity contribution in [3.8, 4) is 0 Å². The molecular formula is C60H32O2. The van der Waals surface area contributed by atoms with Gasteiger partial charge in [0.25, 0.3) is 0 Å². The Labute approximate surface area is 354 Å². The number of benzene rings is 8. The summed E-state index contributed by atoms with van der Waals surface area (Å²) in [6.07, 6.45) is 20.6. The van der Waals surface area contributed by atoms with Gasteiger partial charge in [-0.3, -0.25) is 4.79 Å². The highest BCUT2D eigenvalue weighted by atomic mass is 16.5. The molecule has 9 unspecified atom stereocenters. The van der Waals surface area contributed by atoms with Crippen LogP contribution in [0.25, 0.3) is 81.4 Å². The van der Waals surface area contributed by atoms with Crippen LogP contribution < -0.4 is 0 Å². The number of ether oxygens (including phenoxy) is 1. The second-order valence-electron chi connectivity index (χ2n) is 22.3. The fourth-order valence-corrected chi connectivity index (χ4v) is 21.1. The predicted molar refractivity (Wildman–Crippen MR) is 244 cm³/mol. The van der Waals surface area contributed by atoms with Gasteiger partial charge in [0, 0.05) is 52.3 Å². The van der Waals surface area contributed by atoms with Crippen LogP contribution in [0.3, 0.4) is 0 Å². The summed E-state index contributed by atoms with van der Waals surface area (Å²) in [5, 5.41) is 19.8. The molecule has 0 heterocycles. The molecule has 0 bridgehead atoms. The number of allylic oxidation sites excluding steroid dienone is 10. The third-order valence-corrected chi connectivity index (χ3v) is 21.6. The van der Waals surface area contributed by atoms with Crippen LogP contribution in [-0.4, -0.2) is 13.1 Å². The maximum absolute atomic E-state index is 13.3. The van der Waals surface area contributed by atoms with Gasteiger partial charge < -0.3 is 4.74 Å². The smallest absolute Gasteiger partial charge is 0.305 e.